The Morgan fingerprint density at radius 3 is 2.68 bits per heavy atom. The van der Waals surface area contributed by atoms with Gasteiger partial charge < -0.3 is 24.6 Å². The molecular formula is C28H32ClF2N7O3. The van der Waals surface area contributed by atoms with Crippen molar-refractivity contribution in [2.45, 2.75) is 59.4 Å². The fourth-order valence-corrected chi connectivity index (χ4v) is 5.21. The maximum atomic E-state index is 13.8. The van der Waals surface area contributed by atoms with Gasteiger partial charge in [-0.2, -0.15) is 5.10 Å². The number of alkyl halides is 2. The van der Waals surface area contributed by atoms with Gasteiger partial charge in [-0.1, -0.05) is 16.8 Å². The zero-order chi connectivity index (χ0) is 29.5. The van der Waals surface area contributed by atoms with E-state index in [1.54, 1.807) is 31.4 Å². The van der Waals surface area contributed by atoms with Crippen LogP contribution in [-0.4, -0.2) is 62.2 Å². The molecule has 218 valence electrons. The van der Waals surface area contributed by atoms with Crippen LogP contribution in [0.2, 0.25) is 5.02 Å². The second-order valence-electron chi connectivity index (χ2n) is 10.4. The van der Waals surface area contributed by atoms with E-state index < -0.39 is 18.6 Å². The molecule has 5 rings (SSSR count). The first-order chi connectivity index (χ1) is 19.4. The third kappa shape index (κ3) is 6.04. The SMILES string of the molecule is CNC[C@@H](O)COc1ccc(Cl)c(-c2nc(-c3c(C)noc3C)c(C)c(N3Cc4cnn(CC(C)(F)F)c4C3)n2)c1. The maximum absolute atomic E-state index is 13.8. The van der Waals surface area contributed by atoms with Crippen molar-refractivity contribution in [2.24, 2.45) is 0 Å². The molecule has 0 saturated carbocycles. The number of aryl methyl sites for hydroxylation is 2. The average Bonchev–Trinajstić information content (AvgIpc) is 3.59. The van der Waals surface area contributed by atoms with Crippen molar-refractivity contribution in [1.29, 1.82) is 0 Å². The number of likely N-dealkylation sites (N-methyl/N-ethyl adjacent to an activating group) is 1. The first-order valence-electron chi connectivity index (χ1n) is 13.2. The molecule has 1 atom stereocenters. The Bertz CT molecular complexity index is 1550. The van der Waals surface area contributed by atoms with E-state index in [0.29, 0.717) is 64.8 Å². The summed E-state index contributed by atoms with van der Waals surface area (Å²) in [5.41, 5.74) is 4.96. The van der Waals surface area contributed by atoms with Crippen LogP contribution in [0.1, 0.15) is 35.2 Å². The summed E-state index contributed by atoms with van der Waals surface area (Å²) in [6.45, 7) is 7.24. The minimum atomic E-state index is -2.89. The third-order valence-corrected chi connectivity index (χ3v) is 7.24. The molecule has 0 radical (unpaired) electrons. The minimum Gasteiger partial charge on any atom is -0.491 e. The Morgan fingerprint density at radius 1 is 1.22 bits per heavy atom. The lowest BCUT2D eigenvalue weighted by atomic mass is 10.0. The van der Waals surface area contributed by atoms with E-state index in [4.69, 9.17) is 30.8 Å². The first kappa shape index (κ1) is 28.9. The summed E-state index contributed by atoms with van der Waals surface area (Å²) in [7, 11) is 1.75. The largest absolute Gasteiger partial charge is 0.491 e. The van der Waals surface area contributed by atoms with Crippen molar-refractivity contribution in [2.75, 3.05) is 25.1 Å². The smallest absolute Gasteiger partial charge is 0.264 e. The predicted octanol–water partition coefficient (Wildman–Crippen LogP) is 4.71. The van der Waals surface area contributed by atoms with Crippen LogP contribution >= 0.6 is 11.6 Å². The number of fused-ring (bicyclic) bond motifs is 1. The van der Waals surface area contributed by atoms with Gasteiger partial charge >= 0.3 is 0 Å². The summed E-state index contributed by atoms with van der Waals surface area (Å²) < 4.78 is 40.3. The molecule has 0 spiro atoms. The highest BCUT2D eigenvalue weighted by molar-refractivity contribution is 6.33. The summed E-state index contributed by atoms with van der Waals surface area (Å²) in [4.78, 5) is 11.9. The molecule has 1 aliphatic rings. The van der Waals surface area contributed by atoms with Gasteiger partial charge in [-0.05, 0) is 46.0 Å². The molecule has 0 bridgehead atoms. The number of halogens is 3. The molecule has 0 fully saturated rings. The number of nitrogens with zero attached hydrogens (tertiary/aromatic N) is 6. The summed E-state index contributed by atoms with van der Waals surface area (Å²) in [6.07, 6.45) is 0.946. The fourth-order valence-electron chi connectivity index (χ4n) is 5.01. The Kier molecular flexibility index (Phi) is 8.00. The number of hydrogen-bond donors (Lipinski definition) is 2. The van der Waals surface area contributed by atoms with Crippen LogP contribution < -0.4 is 15.0 Å². The molecule has 10 nitrogen and oxygen atoms in total. The number of aromatic nitrogens is 5. The Labute approximate surface area is 241 Å². The van der Waals surface area contributed by atoms with Crippen molar-refractivity contribution in [3.8, 4) is 28.4 Å². The Hall–Kier alpha value is -3.61. The standard InChI is InChI=1S/C28H32ClF2N7O3/c1-15-25(24-16(2)36-41-17(24)3)34-26(21-8-20(6-7-22(21)29)40-13-19(39)10-32-5)35-27(15)37-11-18-9-33-38(23(18)12-37)14-28(4,30)31/h6-9,19,32,39H,10-14H2,1-5H3/t19-/m1/s1. The zero-order valence-corrected chi connectivity index (χ0v) is 24.3. The summed E-state index contributed by atoms with van der Waals surface area (Å²) in [5.74, 6) is -0.812. The van der Waals surface area contributed by atoms with E-state index >= 15 is 0 Å². The molecule has 3 aromatic heterocycles. The first-order valence-corrected chi connectivity index (χ1v) is 13.6. The summed E-state index contributed by atoms with van der Waals surface area (Å²) in [6, 6.07) is 5.15. The highest BCUT2D eigenvalue weighted by Crippen LogP contribution is 2.39. The van der Waals surface area contributed by atoms with E-state index in [2.05, 4.69) is 15.6 Å². The highest BCUT2D eigenvalue weighted by Gasteiger charge is 2.32. The van der Waals surface area contributed by atoms with Gasteiger partial charge in [0.15, 0.2) is 5.82 Å². The van der Waals surface area contributed by atoms with Crippen LogP contribution in [0, 0.1) is 20.8 Å². The number of hydrogen-bond acceptors (Lipinski definition) is 9. The Morgan fingerprint density at radius 2 is 2.00 bits per heavy atom. The van der Waals surface area contributed by atoms with Gasteiger partial charge in [0.2, 0.25) is 0 Å². The molecule has 1 aliphatic heterocycles. The molecule has 0 saturated heterocycles. The van der Waals surface area contributed by atoms with Gasteiger partial charge in [-0.3, -0.25) is 4.68 Å². The van der Waals surface area contributed by atoms with Crippen LogP contribution in [0.25, 0.3) is 22.6 Å². The number of aliphatic hydroxyl groups excluding tert-OH is 1. The van der Waals surface area contributed by atoms with Crippen molar-refractivity contribution in [3.63, 3.8) is 0 Å². The predicted molar refractivity (Wildman–Crippen MR) is 150 cm³/mol. The Balaban J connectivity index is 1.57. The number of nitrogens with one attached hydrogen (secondary N) is 1. The monoisotopic (exact) mass is 587 g/mol. The number of benzene rings is 1. The van der Waals surface area contributed by atoms with Crippen molar-refractivity contribution < 1.29 is 23.1 Å². The van der Waals surface area contributed by atoms with Crippen LogP contribution in [0.15, 0.2) is 28.9 Å². The molecule has 4 heterocycles. The molecule has 1 aromatic carbocycles. The topological polar surface area (TPSA) is 114 Å². The van der Waals surface area contributed by atoms with Gasteiger partial charge in [-0.25, -0.2) is 18.7 Å². The number of aliphatic hydroxyl groups is 1. The second-order valence-corrected chi connectivity index (χ2v) is 10.8. The zero-order valence-electron chi connectivity index (χ0n) is 23.5. The van der Waals surface area contributed by atoms with Crippen molar-refractivity contribution >= 4 is 17.4 Å². The summed E-state index contributed by atoms with van der Waals surface area (Å²) in [5, 5.41) is 21.7. The van der Waals surface area contributed by atoms with E-state index in [-0.39, 0.29) is 6.61 Å². The van der Waals surface area contributed by atoms with Gasteiger partial charge in [0.25, 0.3) is 5.92 Å². The van der Waals surface area contributed by atoms with Gasteiger partial charge in [0.1, 0.15) is 36.6 Å². The van der Waals surface area contributed by atoms with E-state index in [9.17, 15) is 13.9 Å². The highest BCUT2D eigenvalue weighted by atomic mass is 35.5. The van der Waals surface area contributed by atoms with E-state index in [1.165, 1.54) is 4.68 Å². The van der Waals surface area contributed by atoms with E-state index in [1.807, 2.05) is 25.7 Å². The second kappa shape index (κ2) is 11.3. The van der Waals surface area contributed by atoms with Crippen LogP contribution in [-0.2, 0) is 19.6 Å². The minimum absolute atomic E-state index is 0.0894. The number of ether oxygens (including phenoxy) is 1. The molecular weight excluding hydrogens is 556 g/mol. The lowest BCUT2D eigenvalue weighted by Crippen LogP contribution is -2.29. The number of anilines is 1. The lowest BCUT2D eigenvalue weighted by Gasteiger charge is -2.22. The molecule has 13 heteroatoms. The summed E-state index contributed by atoms with van der Waals surface area (Å²) >= 11 is 6.65. The van der Waals surface area contributed by atoms with Gasteiger partial charge in [0.05, 0.1) is 40.4 Å². The normalized spacial score (nSPS) is 14.0. The molecule has 41 heavy (non-hydrogen) atoms. The van der Waals surface area contributed by atoms with Crippen molar-refractivity contribution in [1.82, 2.24) is 30.2 Å². The molecule has 0 aliphatic carbocycles. The average molecular weight is 588 g/mol. The van der Waals surface area contributed by atoms with Gasteiger partial charge in [0, 0.05) is 36.7 Å². The van der Waals surface area contributed by atoms with Gasteiger partial charge in [-0.15, -0.1) is 0 Å². The van der Waals surface area contributed by atoms with Crippen molar-refractivity contribution in [3.05, 3.63) is 57.7 Å². The number of rotatable bonds is 10. The third-order valence-electron chi connectivity index (χ3n) is 6.92. The maximum Gasteiger partial charge on any atom is 0.264 e. The molecule has 2 N–H and O–H groups in total. The van der Waals surface area contributed by atoms with Crippen LogP contribution in [0.5, 0.6) is 5.75 Å². The van der Waals surface area contributed by atoms with E-state index in [0.717, 1.165) is 29.3 Å². The quantitative estimate of drug-likeness (QED) is 0.272. The molecule has 4 aromatic rings. The fraction of sp³-hybridized carbons (Fsp3) is 0.429. The molecule has 0 amide bonds. The van der Waals surface area contributed by atoms with Crippen LogP contribution in [0.3, 0.4) is 0 Å². The van der Waals surface area contributed by atoms with Crippen LogP contribution in [0.4, 0.5) is 14.6 Å². The molecule has 0 unspecified atom stereocenters. The lowest BCUT2D eigenvalue weighted by molar-refractivity contribution is -0.000156.